The molecule has 0 unspecified atom stereocenters. The van der Waals surface area contributed by atoms with Crippen LogP contribution in [-0.2, 0) is 28.6 Å². The average molecular weight is 842 g/mol. The number of ether oxygens (including phenoxy) is 3. The summed E-state index contributed by atoms with van der Waals surface area (Å²) in [5, 5.41) is 37.4. The summed E-state index contributed by atoms with van der Waals surface area (Å²) < 4.78 is 19.3. The van der Waals surface area contributed by atoms with E-state index in [2.05, 4.69) is 35.5 Å². The number of hydrogen-bond acceptors (Lipinski definition) is 9. The van der Waals surface area contributed by atoms with Crippen molar-refractivity contribution in [3.05, 3.63) is 81.4 Å². The summed E-state index contributed by atoms with van der Waals surface area (Å²) in [6.45, 7) is 9.40. The normalized spacial score (nSPS) is 42.3. The maximum Gasteiger partial charge on any atom is 0.346 e. The van der Waals surface area contributed by atoms with E-state index in [1.165, 1.54) is 6.07 Å². The molecule has 14 heteroatoms. The van der Waals surface area contributed by atoms with Crippen molar-refractivity contribution < 1.29 is 48.7 Å². The Kier molecular flexibility index (Phi) is 11.8. The predicted molar refractivity (Wildman–Crippen MR) is 216 cm³/mol. The van der Waals surface area contributed by atoms with Gasteiger partial charge in [0.1, 0.15) is 22.2 Å². The molecule has 3 fully saturated rings. The number of aliphatic carboxylic acids is 1. The third-order valence-electron chi connectivity index (χ3n) is 14.2. The number of aliphatic hydroxyl groups is 2. The van der Waals surface area contributed by atoms with Crippen molar-refractivity contribution in [2.45, 2.75) is 122 Å². The molecule has 1 aromatic rings. The molecule has 2 bridgehead atoms. The van der Waals surface area contributed by atoms with Gasteiger partial charge in [-0.2, -0.15) is 0 Å². The number of halogens is 2. The van der Waals surface area contributed by atoms with Crippen LogP contribution in [0, 0.1) is 40.4 Å². The van der Waals surface area contributed by atoms with Crippen molar-refractivity contribution in [3.63, 3.8) is 0 Å². The topological polar surface area (TPSA) is 184 Å². The Morgan fingerprint density at radius 3 is 2.52 bits per heavy atom. The number of esters is 1. The highest BCUT2D eigenvalue weighted by Gasteiger charge is 2.67. The second-order valence-electron chi connectivity index (χ2n) is 17.2. The second kappa shape index (κ2) is 16.1. The monoisotopic (exact) mass is 840 g/mol. The van der Waals surface area contributed by atoms with Crippen LogP contribution in [0.3, 0.4) is 0 Å². The van der Waals surface area contributed by atoms with Gasteiger partial charge >= 0.3 is 11.9 Å². The minimum absolute atomic E-state index is 0.0220. The van der Waals surface area contributed by atoms with Crippen LogP contribution in [0.25, 0.3) is 0 Å². The summed E-state index contributed by atoms with van der Waals surface area (Å²) >= 11 is 12.2. The molecule has 1 saturated carbocycles. The summed E-state index contributed by atoms with van der Waals surface area (Å²) in [4.78, 5) is 57.4. The number of aliphatic hydroxyl groups excluding tert-OH is 2. The molecule has 2 aliphatic heterocycles. The zero-order chi connectivity index (χ0) is 41.9. The Balaban J connectivity index is 1.22. The SMILES string of the molecule is CC[C@H]1C[C@]23OC(=O)/C(=C(\O)[C@@]4(CC)[C@@H]5CC[C@H](C)[C@H](O[C@H]6C[C@@H](O)[C@H](NC(=O)c7[nH]c(Cl)cc7Cl)[C@@H](C)O6)[C@H]5C=C[C@H]4C/C=C\C/C=C\[C@@]2(C)C=C1C(=O)O)C3=O. The molecule has 3 heterocycles. The zero-order valence-corrected chi connectivity index (χ0v) is 35.0. The van der Waals surface area contributed by atoms with Crippen LogP contribution in [0.5, 0.6) is 0 Å². The molecule has 0 aromatic carbocycles. The third kappa shape index (κ3) is 6.90. The van der Waals surface area contributed by atoms with E-state index in [1.54, 1.807) is 26.0 Å². The number of carbonyl (C=O) groups is 4. The van der Waals surface area contributed by atoms with E-state index in [4.69, 9.17) is 37.4 Å². The quantitative estimate of drug-likeness (QED) is 0.104. The van der Waals surface area contributed by atoms with E-state index >= 15 is 4.79 Å². The molecule has 2 saturated heterocycles. The maximum absolute atomic E-state index is 15.0. The molecule has 1 aromatic heterocycles. The number of carbonyl (C=O) groups excluding carboxylic acids is 3. The highest BCUT2D eigenvalue weighted by Crippen LogP contribution is 2.61. The van der Waals surface area contributed by atoms with E-state index in [9.17, 15) is 29.7 Å². The van der Waals surface area contributed by atoms with E-state index in [1.807, 2.05) is 26.0 Å². The largest absolute Gasteiger partial charge is 0.511 e. The van der Waals surface area contributed by atoms with Gasteiger partial charge in [-0.15, -0.1) is 0 Å². The lowest BCUT2D eigenvalue weighted by atomic mass is 9.51. The van der Waals surface area contributed by atoms with Crippen LogP contribution in [0.15, 0.2) is 65.5 Å². The van der Waals surface area contributed by atoms with E-state index in [0.29, 0.717) is 32.1 Å². The fourth-order valence-electron chi connectivity index (χ4n) is 11.0. The van der Waals surface area contributed by atoms with Crippen LogP contribution in [0.2, 0.25) is 10.2 Å². The van der Waals surface area contributed by atoms with Crippen molar-refractivity contribution in [1.29, 1.82) is 0 Å². The molecule has 12 nitrogen and oxygen atoms in total. The van der Waals surface area contributed by atoms with Crippen LogP contribution in [-0.4, -0.2) is 80.2 Å². The molecular formula is C44H54Cl2N2O10. The Labute approximate surface area is 348 Å². The lowest BCUT2D eigenvalue weighted by Gasteiger charge is -2.55. The molecule has 314 valence electrons. The number of hydrogen-bond donors (Lipinski definition) is 5. The van der Waals surface area contributed by atoms with Crippen molar-refractivity contribution in [3.8, 4) is 0 Å². The van der Waals surface area contributed by atoms with Crippen molar-refractivity contribution in [2.24, 2.45) is 40.4 Å². The Hall–Kier alpha value is -3.68. The number of ketones is 1. The van der Waals surface area contributed by atoms with Gasteiger partial charge in [0.15, 0.2) is 11.9 Å². The smallest absolute Gasteiger partial charge is 0.346 e. The van der Waals surface area contributed by atoms with Crippen molar-refractivity contribution >= 4 is 46.8 Å². The molecule has 6 aliphatic rings. The first-order valence-electron chi connectivity index (χ1n) is 20.5. The molecule has 4 aliphatic carbocycles. The number of H-pyrrole nitrogens is 1. The number of amides is 1. The van der Waals surface area contributed by atoms with Crippen LogP contribution < -0.4 is 5.32 Å². The zero-order valence-electron chi connectivity index (χ0n) is 33.5. The summed E-state index contributed by atoms with van der Waals surface area (Å²) in [5.74, 6) is -4.71. The third-order valence-corrected chi connectivity index (χ3v) is 14.7. The molecule has 0 radical (unpaired) electrons. The average Bonchev–Trinajstić information content (AvgIpc) is 3.65. The van der Waals surface area contributed by atoms with E-state index in [0.717, 1.165) is 6.42 Å². The number of nitrogens with one attached hydrogen (secondary N) is 2. The molecule has 7 rings (SSSR count). The number of fused-ring (bicyclic) bond motifs is 4. The lowest BCUT2D eigenvalue weighted by Crippen LogP contribution is -2.58. The minimum atomic E-state index is -1.74. The van der Waals surface area contributed by atoms with Crippen LogP contribution in [0.4, 0.5) is 0 Å². The van der Waals surface area contributed by atoms with Crippen LogP contribution >= 0.6 is 23.2 Å². The van der Waals surface area contributed by atoms with E-state index < -0.39 is 76.6 Å². The van der Waals surface area contributed by atoms with Gasteiger partial charge in [0, 0.05) is 29.7 Å². The highest BCUT2D eigenvalue weighted by molar-refractivity contribution is 6.36. The molecule has 1 amide bonds. The molecule has 5 N–H and O–H groups in total. The Morgan fingerprint density at radius 1 is 1.10 bits per heavy atom. The van der Waals surface area contributed by atoms with Gasteiger partial charge in [0.05, 0.1) is 34.8 Å². The van der Waals surface area contributed by atoms with Gasteiger partial charge < -0.3 is 39.8 Å². The first kappa shape index (κ1) is 42.4. The summed E-state index contributed by atoms with van der Waals surface area (Å²) in [7, 11) is 0. The van der Waals surface area contributed by atoms with Gasteiger partial charge in [-0.1, -0.05) is 86.5 Å². The van der Waals surface area contributed by atoms with Gasteiger partial charge in [0.2, 0.25) is 5.78 Å². The number of allylic oxidation sites excluding steroid dienone is 5. The minimum Gasteiger partial charge on any atom is -0.511 e. The van der Waals surface area contributed by atoms with Crippen molar-refractivity contribution in [2.75, 3.05) is 0 Å². The Morgan fingerprint density at radius 2 is 1.86 bits per heavy atom. The first-order valence-corrected chi connectivity index (χ1v) is 21.3. The molecule has 13 atom stereocenters. The number of rotatable bonds is 7. The van der Waals surface area contributed by atoms with Crippen LogP contribution in [0.1, 0.15) is 96.5 Å². The summed E-state index contributed by atoms with van der Waals surface area (Å²) in [6, 6.07) is 0.665. The lowest BCUT2D eigenvalue weighted by molar-refractivity contribution is -0.258. The van der Waals surface area contributed by atoms with E-state index in [-0.39, 0.29) is 69.3 Å². The Bertz CT molecular complexity index is 1990. The highest BCUT2D eigenvalue weighted by atomic mass is 35.5. The number of aromatic amines is 1. The van der Waals surface area contributed by atoms with Gasteiger partial charge in [-0.05, 0) is 82.1 Å². The van der Waals surface area contributed by atoms with Gasteiger partial charge in [-0.25, -0.2) is 9.59 Å². The standard InChI is InChI=1S/C44H54Cl2N2O10/c1-6-24-20-44-38(51)33(41(55)58-44)37(50)43(7-2)25(12-10-8-9-11-17-42(44,5)21-27(24)40(53)54)14-15-26-28(43)16-13-22(3)36(26)57-32-19-30(49)34(23(4)56-32)48-39(52)35-29(45)18-31(46)47-35/h8,10-11,14-15,17-18,21-26,28,30,32,34,36,47,49-50H,6-7,9,12-13,16,19-20H2,1-5H3,(H,48,52)(H,53,54)/b10-8-,17-11-,37-33-/t22-,23+,24-,25+,26-,28+,30+,32-,34+,36-,42-,43+,44+/m0/s1. The second-order valence-corrected chi connectivity index (χ2v) is 18.1. The number of aromatic nitrogens is 1. The van der Waals surface area contributed by atoms with Crippen molar-refractivity contribution in [1.82, 2.24) is 10.3 Å². The summed E-state index contributed by atoms with van der Waals surface area (Å²) in [6.07, 6.45) is 14.0. The fraction of sp³-hybridized carbons (Fsp3) is 0.591. The molecular weight excluding hydrogens is 787 g/mol. The molecule has 1 spiro atoms. The number of carboxylic acid groups (broad SMARTS) is 1. The number of Topliss-reactive ketones (excluding diaryl/α,β-unsaturated/α-hetero) is 1. The first-order chi connectivity index (χ1) is 27.5. The summed E-state index contributed by atoms with van der Waals surface area (Å²) in [5.41, 5.74) is -4.19. The van der Waals surface area contributed by atoms with Gasteiger partial charge in [-0.3, -0.25) is 9.59 Å². The maximum atomic E-state index is 15.0. The predicted octanol–water partition coefficient (Wildman–Crippen LogP) is 7.58. The van der Waals surface area contributed by atoms with Gasteiger partial charge in [0.25, 0.3) is 5.91 Å². The molecule has 58 heavy (non-hydrogen) atoms. The fourth-order valence-corrected chi connectivity index (χ4v) is 11.5. The number of carboxylic acids is 1.